The standard InChI is InChI=1S/C14H11NO5/c1-8-2-4-10(14(17)18)13(16)15(8)9-3-5-11-12(6-9)20-7-19-11/h2-6H,7H2,1H3,(H,17,18). The zero-order chi connectivity index (χ0) is 14.3. The Balaban J connectivity index is 2.22. The van der Waals surface area contributed by atoms with Gasteiger partial charge in [0.15, 0.2) is 11.5 Å². The van der Waals surface area contributed by atoms with E-state index in [9.17, 15) is 9.59 Å². The van der Waals surface area contributed by atoms with Crippen molar-refractivity contribution in [3.63, 3.8) is 0 Å². The molecule has 2 aromatic rings. The predicted molar refractivity (Wildman–Crippen MR) is 69.9 cm³/mol. The van der Waals surface area contributed by atoms with E-state index in [-0.39, 0.29) is 12.4 Å². The van der Waals surface area contributed by atoms with E-state index < -0.39 is 11.5 Å². The van der Waals surface area contributed by atoms with Crippen LogP contribution >= 0.6 is 0 Å². The summed E-state index contributed by atoms with van der Waals surface area (Å²) in [5.74, 6) is -0.104. The maximum absolute atomic E-state index is 12.2. The predicted octanol–water partition coefficient (Wildman–Crippen LogP) is 1.57. The van der Waals surface area contributed by atoms with E-state index in [2.05, 4.69) is 0 Å². The third kappa shape index (κ3) is 1.82. The van der Waals surface area contributed by atoms with Gasteiger partial charge in [0.25, 0.3) is 5.56 Å². The van der Waals surface area contributed by atoms with Gasteiger partial charge in [0.05, 0.1) is 5.69 Å². The Morgan fingerprint density at radius 2 is 1.95 bits per heavy atom. The van der Waals surface area contributed by atoms with Gasteiger partial charge in [0.2, 0.25) is 6.79 Å². The number of fused-ring (bicyclic) bond motifs is 1. The molecule has 0 spiro atoms. The number of nitrogens with zero attached hydrogens (tertiary/aromatic N) is 1. The minimum Gasteiger partial charge on any atom is -0.477 e. The largest absolute Gasteiger partial charge is 0.477 e. The number of hydrogen-bond donors (Lipinski definition) is 1. The van der Waals surface area contributed by atoms with Crippen LogP contribution in [0.5, 0.6) is 11.5 Å². The summed E-state index contributed by atoms with van der Waals surface area (Å²) in [4.78, 5) is 23.3. The first-order valence-corrected chi connectivity index (χ1v) is 5.94. The lowest BCUT2D eigenvalue weighted by Gasteiger charge is -2.11. The van der Waals surface area contributed by atoms with Crippen LogP contribution in [0.1, 0.15) is 16.1 Å². The second kappa shape index (κ2) is 4.41. The maximum atomic E-state index is 12.2. The lowest BCUT2D eigenvalue weighted by molar-refractivity contribution is 0.0694. The van der Waals surface area contributed by atoms with Crippen LogP contribution in [-0.2, 0) is 0 Å². The highest BCUT2D eigenvalue weighted by molar-refractivity contribution is 5.87. The van der Waals surface area contributed by atoms with Gasteiger partial charge in [-0.2, -0.15) is 0 Å². The van der Waals surface area contributed by atoms with Gasteiger partial charge < -0.3 is 14.6 Å². The van der Waals surface area contributed by atoms with Crippen molar-refractivity contribution in [3.8, 4) is 17.2 Å². The molecule has 6 heteroatoms. The summed E-state index contributed by atoms with van der Waals surface area (Å²) >= 11 is 0. The molecule has 1 aliphatic rings. The number of pyridine rings is 1. The molecule has 0 fully saturated rings. The van der Waals surface area contributed by atoms with Crippen molar-refractivity contribution < 1.29 is 19.4 Å². The first-order valence-electron chi connectivity index (χ1n) is 5.94. The van der Waals surface area contributed by atoms with Crippen molar-refractivity contribution in [1.82, 2.24) is 4.57 Å². The molecule has 2 heterocycles. The van der Waals surface area contributed by atoms with Gasteiger partial charge in [0, 0.05) is 11.8 Å². The molecule has 20 heavy (non-hydrogen) atoms. The molecule has 0 saturated carbocycles. The minimum atomic E-state index is -1.25. The Bertz CT molecular complexity index is 763. The monoisotopic (exact) mass is 273 g/mol. The molecular formula is C14H11NO5. The lowest BCUT2D eigenvalue weighted by Crippen LogP contribution is -2.26. The Labute approximate surface area is 113 Å². The third-order valence-corrected chi connectivity index (χ3v) is 3.12. The number of carboxylic acids is 1. The SMILES string of the molecule is Cc1ccc(C(=O)O)c(=O)n1-c1ccc2c(c1)OCO2. The van der Waals surface area contributed by atoms with Crippen molar-refractivity contribution in [2.45, 2.75) is 6.92 Å². The molecule has 3 rings (SSSR count). The average Bonchev–Trinajstić information content (AvgIpc) is 2.85. The fourth-order valence-electron chi connectivity index (χ4n) is 2.14. The van der Waals surface area contributed by atoms with Gasteiger partial charge in [-0.1, -0.05) is 0 Å². The summed E-state index contributed by atoms with van der Waals surface area (Å²) in [6.07, 6.45) is 0. The molecule has 0 saturated heterocycles. The van der Waals surface area contributed by atoms with Crippen LogP contribution in [-0.4, -0.2) is 22.4 Å². The minimum absolute atomic E-state index is 0.141. The fraction of sp³-hybridized carbons (Fsp3) is 0.143. The van der Waals surface area contributed by atoms with Crippen molar-refractivity contribution in [2.24, 2.45) is 0 Å². The highest BCUT2D eigenvalue weighted by atomic mass is 16.7. The summed E-state index contributed by atoms with van der Waals surface area (Å²) in [6, 6.07) is 7.94. The number of hydrogen-bond acceptors (Lipinski definition) is 4. The van der Waals surface area contributed by atoms with Crippen LogP contribution < -0.4 is 15.0 Å². The molecular weight excluding hydrogens is 262 g/mol. The van der Waals surface area contributed by atoms with Crippen LogP contribution in [0, 0.1) is 6.92 Å². The summed E-state index contributed by atoms with van der Waals surface area (Å²) in [6.45, 7) is 1.87. The third-order valence-electron chi connectivity index (χ3n) is 3.12. The summed E-state index contributed by atoms with van der Waals surface area (Å²) in [5, 5.41) is 9.02. The zero-order valence-electron chi connectivity index (χ0n) is 10.6. The molecule has 102 valence electrons. The van der Waals surface area contributed by atoms with Crippen LogP contribution in [0.15, 0.2) is 35.1 Å². The lowest BCUT2D eigenvalue weighted by atomic mass is 10.2. The number of aromatic nitrogens is 1. The van der Waals surface area contributed by atoms with Crippen LogP contribution in [0.4, 0.5) is 0 Å². The van der Waals surface area contributed by atoms with E-state index in [1.807, 2.05) is 0 Å². The molecule has 0 bridgehead atoms. The Morgan fingerprint density at radius 1 is 1.20 bits per heavy atom. The number of benzene rings is 1. The molecule has 0 aliphatic carbocycles. The Hall–Kier alpha value is -2.76. The van der Waals surface area contributed by atoms with E-state index >= 15 is 0 Å². The van der Waals surface area contributed by atoms with Gasteiger partial charge in [-0.05, 0) is 31.2 Å². The maximum Gasteiger partial charge on any atom is 0.341 e. The van der Waals surface area contributed by atoms with Crippen LogP contribution in [0.25, 0.3) is 5.69 Å². The Morgan fingerprint density at radius 3 is 2.70 bits per heavy atom. The molecule has 1 N–H and O–H groups in total. The fourth-order valence-corrected chi connectivity index (χ4v) is 2.14. The number of aromatic carboxylic acids is 1. The number of rotatable bonds is 2. The quantitative estimate of drug-likeness (QED) is 0.898. The van der Waals surface area contributed by atoms with E-state index in [1.54, 1.807) is 31.2 Å². The number of ether oxygens (including phenoxy) is 2. The van der Waals surface area contributed by atoms with Crippen molar-refractivity contribution in [3.05, 3.63) is 51.9 Å². The molecule has 6 nitrogen and oxygen atoms in total. The van der Waals surface area contributed by atoms with Gasteiger partial charge >= 0.3 is 5.97 Å². The zero-order valence-corrected chi connectivity index (χ0v) is 10.6. The van der Waals surface area contributed by atoms with Crippen molar-refractivity contribution >= 4 is 5.97 Å². The highest BCUT2D eigenvalue weighted by Gasteiger charge is 2.17. The summed E-state index contributed by atoms with van der Waals surface area (Å²) in [5.41, 5.74) is 0.336. The molecule has 0 radical (unpaired) electrons. The second-order valence-electron chi connectivity index (χ2n) is 4.37. The Kier molecular flexibility index (Phi) is 2.71. The topological polar surface area (TPSA) is 77.8 Å². The number of aryl methyl sites for hydroxylation is 1. The van der Waals surface area contributed by atoms with E-state index in [1.165, 1.54) is 10.6 Å². The molecule has 1 aliphatic heterocycles. The van der Waals surface area contributed by atoms with Crippen molar-refractivity contribution in [1.29, 1.82) is 0 Å². The first-order chi connectivity index (χ1) is 9.58. The molecule has 1 aromatic carbocycles. The molecule has 1 aromatic heterocycles. The summed E-state index contributed by atoms with van der Waals surface area (Å²) < 4.78 is 11.8. The molecule has 0 amide bonds. The van der Waals surface area contributed by atoms with Gasteiger partial charge in [-0.25, -0.2) is 4.79 Å². The van der Waals surface area contributed by atoms with Crippen molar-refractivity contribution in [2.75, 3.05) is 6.79 Å². The molecule has 0 atom stereocenters. The van der Waals surface area contributed by atoms with E-state index in [0.717, 1.165) is 0 Å². The number of carbonyl (C=O) groups is 1. The van der Waals surface area contributed by atoms with Gasteiger partial charge in [-0.3, -0.25) is 9.36 Å². The van der Waals surface area contributed by atoms with E-state index in [0.29, 0.717) is 22.9 Å². The normalized spacial score (nSPS) is 12.4. The smallest absolute Gasteiger partial charge is 0.341 e. The number of carboxylic acid groups (broad SMARTS) is 1. The first kappa shape index (κ1) is 12.3. The summed E-state index contributed by atoms with van der Waals surface area (Å²) in [7, 11) is 0. The average molecular weight is 273 g/mol. The van der Waals surface area contributed by atoms with E-state index in [4.69, 9.17) is 14.6 Å². The highest BCUT2D eigenvalue weighted by Crippen LogP contribution is 2.33. The van der Waals surface area contributed by atoms with Crippen LogP contribution in [0.3, 0.4) is 0 Å². The van der Waals surface area contributed by atoms with Gasteiger partial charge in [0.1, 0.15) is 5.56 Å². The molecule has 0 unspecified atom stereocenters. The van der Waals surface area contributed by atoms with Gasteiger partial charge in [-0.15, -0.1) is 0 Å². The van der Waals surface area contributed by atoms with Crippen LogP contribution in [0.2, 0.25) is 0 Å². The second-order valence-corrected chi connectivity index (χ2v) is 4.37.